The van der Waals surface area contributed by atoms with Crippen LogP contribution in [0, 0.1) is 5.92 Å². The lowest BCUT2D eigenvalue weighted by atomic mass is 9.84. The van der Waals surface area contributed by atoms with Gasteiger partial charge in [0.1, 0.15) is 5.54 Å². The van der Waals surface area contributed by atoms with Gasteiger partial charge in [0.2, 0.25) is 5.91 Å². The fourth-order valence-corrected chi connectivity index (χ4v) is 4.37. The molecule has 1 spiro atoms. The number of carbonyl (C=O) groups is 3. The van der Waals surface area contributed by atoms with Crippen LogP contribution < -0.4 is 0 Å². The van der Waals surface area contributed by atoms with Crippen molar-refractivity contribution < 1.29 is 14.4 Å². The number of amides is 3. The molecular formula is C18H22N2O3. The predicted octanol–water partition coefficient (Wildman–Crippen LogP) is 2.07. The van der Waals surface area contributed by atoms with E-state index in [2.05, 4.69) is 0 Å². The van der Waals surface area contributed by atoms with Crippen LogP contribution in [0.5, 0.6) is 0 Å². The van der Waals surface area contributed by atoms with E-state index in [9.17, 15) is 14.4 Å². The van der Waals surface area contributed by atoms with Gasteiger partial charge >= 0.3 is 0 Å². The van der Waals surface area contributed by atoms with Gasteiger partial charge in [-0.1, -0.05) is 25.1 Å². The number of nitrogens with zero attached hydrogens (tertiary/aromatic N) is 2. The van der Waals surface area contributed by atoms with Crippen molar-refractivity contribution in [2.45, 2.75) is 45.2 Å². The minimum Gasteiger partial charge on any atom is -0.325 e. The lowest BCUT2D eigenvalue weighted by Gasteiger charge is -2.37. The van der Waals surface area contributed by atoms with E-state index in [1.807, 2.05) is 19.9 Å². The molecule has 2 aliphatic heterocycles. The molecule has 5 nitrogen and oxygen atoms in total. The maximum atomic E-state index is 13.1. The number of rotatable bonds is 1. The minimum absolute atomic E-state index is 0.0261. The van der Waals surface area contributed by atoms with Crippen molar-refractivity contribution in [1.29, 1.82) is 0 Å². The van der Waals surface area contributed by atoms with Crippen LogP contribution in [-0.2, 0) is 9.59 Å². The van der Waals surface area contributed by atoms with Crippen molar-refractivity contribution in [1.82, 2.24) is 9.80 Å². The van der Waals surface area contributed by atoms with Gasteiger partial charge in [0.25, 0.3) is 11.8 Å². The SMILES string of the molecule is CC(=O)N1[C@H](C)C[C@H](C)[C@@]12CCN(C(=O)c1ccccc1)C2=O. The number of benzene rings is 1. The normalized spacial score (nSPS) is 30.3. The fourth-order valence-electron chi connectivity index (χ4n) is 4.37. The van der Waals surface area contributed by atoms with Crippen molar-refractivity contribution in [3.05, 3.63) is 35.9 Å². The number of hydrogen-bond acceptors (Lipinski definition) is 3. The minimum atomic E-state index is -0.851. The molecule has 2 aliphatic rings. The topological polar surface area (TPSA) is 57.7 Å². The van der Waals surface area contributed by atoms with Crippen LogP contribution in [0.2, 0.25) is 0 Å². The van der Waals surface area contributed by atoms with Gasteiger partial charge in [0.05, 0.1) is 0 Å². The van der Waals surface area contributed by atoms with Gasteiger partial charge in [-0.2, -0.15) is 0 Å². The van der Waals surface area contributed by atoms with Gasteiger partial charge in [-0.15, -0.1) is 0 Å². The Labute approximate surface area is 136 Å². The Morgan fingerprint density at radius 2 is 1.83 bits per heavy atom. The summed E-state index contributed by atoms with van der Waals surface area (Å²) in [5.74, 6) is -0.534. The summed E-state index contributed by atoms with van der Waals surface area (Å²) in [6.07, 6.45) is 1.31. The zero-order valence-electron chi connectivity index (χ0n) is 13.8. The van der Waals surface area contributed by atoms with E-state index < -0.39 is 5.54 Å². The Morgan fingerprint density at radius 3 is 2.43 bits per heavy atom. The second-order valence-corrected chi connectivity index (χ2v) is 6.68. The van der Waals surface area contributed by atoms with E-state index in [-0.39, 0.29) is 29.7 Å². The highest BCUT2D eigenvalue weighted by Gasteiger charge is 2.61. The third-order valence-electron chi connectivity index (χ3n) is 5.32. The van der Waals surface area contributed by atoms with Crippen LogP contribution >= 0.6 is 0 Å². The molecule has 0 saturated carbocycles. The van der Waals surface area contributed by atoms with Crippen molar-refractivity contribution >= 4 is 17.7 Å². The summed E-state index contributed by atoms with van der Waals surface area (Å²) in [6, 6.07) is 8.85. The number of carbonyl (C=O) groups excluding carboxylic acids is 3. The first-order valence-corrected chi connectivity index (χ1v) is 8.11. The van der Waals surface area contributed by atoms with E-state index in [1.54, 1.807) is 29.2 Å². The van der Waals surface area contributed by atoms with Crippen molar-refractivity contribution in [3.8, 4) is 0 Å². The quantitative estimate of drug-likeness (QED) is 0.746. The Kier molecular flexibility index (Phi) is 3.74. The Bertz CT molecular complexity index is 657. The smallest absolute Gasteiger partial charge is 0.260 e. The molecule has 0 unspecified atom stereocenters. The fraction of sp³-hybridized carbons (Fsp3) is 0.500. The zero-order chi connectivity index (χ0) is 16.8. The monoisotopic (exact) mass is 314 g/mol. The predicted molar refractivity (Wildman–Crippen MR) is 85.6 cm³/mol. The summed E-state index contributed by atoms with van der Waals surface area (Å²) in [6.45, 7) is 5.86. The van der Waals surface area contributed by atoms with Crippen LogP contribution in [0.25, 0.3) is 0 Å². The van der Waals surface area contributed by atoms with Gasteiger partial charge in [-0.05, 0) is 37.8 Å². The van der Waals surface area contributed by atoms with Crippen LogP contribution in [0.4, 0.5) is 0 Å². The molecule has 0 aromatic heterocycles. The zero-order valence-corrected chi connectivity index (χ0v) is 13.8. The number of likely N-dealkylation sites (tertiary alicyclic amines) is 2. The van der Waals surface area contributed by atoms with Crippen molar-refractivity contribution in [2.24, 2.45) is 5.92 Å². The molecule has 0 N–H and O–H groups in total. The number of imide groups is 1. The molecular weight excluding hydrogens is 292 g/mol. The summed E-state index contributed by atoms with van der Waals surface area (Å²) in [7, 11) is 0. The van der Waals surface area contributed by atoms with Crippen LogP contribution in [0.1, 0.15) is 44.0 Å². The number of hydrogen-bond donors (Lipinski definition) is 0. The molecule has 0 bridgehead atoms. The van der Waals surface area contributed by atoms with Crippen molar-refractivity contribution in [3.63, 3.8) is 0 Å². The molecule has 1 aromatic rings. The molecule has 0 aliphatic carbocycles. The molecule has 2 fully saturated rings. The second-order valence-electron chi connectivity index (χ2n) is 6.68. The summed E-state index contributed by atoms with van der Waals surface area (Å²) in [5, 5.41) is 0. The Hall–Kier alpha value is -2.17. The lowest BCUT2D eigenvalue weighted by Crippen LogP contribution is -2.57. The first kappa shape index (κ1) is 15.7. The third-order valence-corrected chi connectivity index (χ3v) is 5.32. The molecule has 122 valence electrons. The Morgan fingerprint density at radius 1 is 1.17 bits per heavy atom. The highest BCUT2D eigenvalue weighted by atomic mass is 16.2. The summed E-state index contributed by atoms with van der Waals surface area (Å²) >= 11 is 0. The largest absolute Gasteiger partial charge is 0.325 e. The third kappa shape index (κ3) is 2.18. The second kappa shape index (κ2) is 5.48. The van der Waals surface area contributed by atoms with E-state index in [0.717, 1.165) is 6.42 Å². The standard InChI is InChI=1S/C18H22N2O3/c1-12-11-13(2)20(14(3)21)18(12)9-10-19(17(18)23)16(22)15-7-5-4-6-8-15/h4-8,12-13H,9-11H2,1-3H3/t12-,13+,18+/m0/s1. The summed E-state index contributed by atoms with van der Waals surface area (Å²) < 4.78 is 0. The van der Waals surface area contributed by atoms with E-state index in [4.69, 9.17) is 0 Å². The van der Waals surface area contributed by atoms with Crippen LogP contribution in [0.15, 0.2) is 30.3 Å². The molecule has 3 rings (SSSR count). The molecule has 0 radical (unpaired) electrons. The molecule has 3 amide bonds. The van der Waals surface area contributed by atoms with Gasteiger partial charge in [-0.25, -0.2) is 0 Å². The molecule has 1 aromatic carbocycles. The van der Waals surface area contributed by atoms with Crippen molar-refractivity contribution in [2.75, 3.05) is 6.54 Å². The van der Waals surface area contributed by atoms with E-state index in [1.165, 1.54) is 11.8 Å². The molecule has 2 heterocycles. The van der Waals surface area contributed by atoms with Gasteiger partial charge < -0.3 is 4.90 Å². The van der Waals surface area contributed by atoms with Gasteiger partial charge in [0, 0.05) is 25.1 Å². The average molecular weight is 314 g/mol. The average Bonchev–Trinajstić information content (AvgIpc) is 2.98. The first-order chi connectivity index (χ1) is 10.9. The highest BCUT2D eigenvalue weighted by molar-refractivity contribution is 6.09. The highest BCUT2D eigenvalue weighted by Crippen LogP contribution is 2.46. The lowest BCUT2D eigenvalue weighted by molar-refractivity contribution is -0.147. The molecule has 5 heteroatoms. The molecule has 23 heavy (non-hydrogen) atoms. The van der Waals surface area contributed by atoms with Crippen LogP contribution in [0.3, 0.4) is 0 Å². The maximum absolute atomic E-state index is 13.1. The maximum Gasteiger partial charge on any atom is 0.260 e. The first-order valence-electron chi connectivity index (χ1n) is 8.11. The summed E-state index contributed by atoms with van der Waals surface area (Å²) in [5.41, 5.74) is -0.346. The van der Waals surface area contributed by atoms with E-state index >= 15 is 0 Å². The van der Waals surface area contributed by atoms with Crippen LogP contribution in [-0.4, -0.2) is 45.6 Å². The molecule has 3 atom stereocenters. The van der Waals surface area contributed by atoms with E-state index in [0.29, 0.717) is 18.5 Å². The Balaban J connectivity index is 1.94. The van der Waals surface area contributed by atoms with Gasteiger partial charge in [-0.3, -0.25) is 19.3 Å². The van der Waals surface area contributed by atoms with Gasteiger partial charge in [0.15, 0.2) is 0 Å². The molecule has 2 saturated heterocycles. The summed E-state index contributed by atoms with van der Waals surface area (Å²) in [4.78, 5) is 40.9.